The molecule has 0 heterocycles. The molecule has 0 radical (unpaired) electrons. The fourth-order valence-corrected chi connectivity index (χ4v) is 1.54. The first-order chi connectivity index (χ1) is 9.36. The number of hydrogen-bond acceptors (Lipinski definition) is 5. The highest BCUT2D eigenvalue weighted by Crippen LogP contribution is 2.26. The maximum absolute atomic E-state index is 11.1. The fraction of sp³-hybridized carbons (Fsp3) is 0.167. The van der Waals surface area contributed by atoms with Crippen molar-refractivity contribution in [3.63, 3.8) is 0 Å². The number of nitro groups is 1. The number of hydrogen-bond donors (Lipinski definition) is 3. The zero-order valence-electron chi connectivity index (χ0n) is 10.4. The monoisotopic (exact) mass is 279 g/mol. The minimum atomic E-state index is -1.19. The predicted molar refractivity (Wildman–Crippen MR) is 71.5 cm³/mol. The topological polar surface area (TPSA) is 136 Å². The summed E-state index contributed by atoms with van der Waals surface area (Å²) in [6.45, 7) is 3.42. The lowest BCUT2D eigenvalue weighted by Gasteiger charge is -2.14. The Hall–Kier alpha value is -2.90. The van der Waals surface area contributed by atoms with Crippen LogP contribution in [-0.4, -0.2) is 27.9 Å². The van der Waals surface area contributed by atoms with Gasteiger partial charge in [0, 0.05) is 11.6 Å². The number of nitrogens with one attached hydrogen (secondary N) is 1. The normalized spacial score (nSPS) is 11.4. The van der Waals surface area contributed by atoms with E-state index in [2.05, 4.69) is 11.9 Å². The van der Waals surface area contributed by atoms with Gasteiger partial charge in [0.05, 0.1) is 4.92 Å². The van der Waals surface area contributed by atoms with Gasteiger partial charge >= 0.3 is 5.97 Å². The Labute approximate surface area is 114 Å². The molecule has 8 nitrogen and oxygen atoms in total. The lowest BCUT2D eigenvalue weighted by atomic mass is 10.1. The van der Waals surface area contributed by atoms with Crippen molar-refractivity contribution >= 4 is 23.3 Å². The Balaban J connectivity index is 3.21. The van der Waals surface area contributed by atoms with Gasteiger partial charge in [-0.05, 0) is 18.6 Å². The van der Waals surface area contributed by atoms with E-state index in [0.29, 0.717) is 0 Å². The molecular weight excluding hydrogens is 266 g/mol. The van der Waals surface area contributed by atoms with Gasteiger partial charge in [0.25, 0.3) is 5.69 Å². The van der Waals surface area contributed by atoms with E-state index in [0.717, 1.165) is 12.1 Å². The summed E-state index contributed by atoms with van der Waals surface area (Å²) in [6, 6.07) is 2.36. The molecule has 1 atom stereocenters. The summed E-state index contributed by atoms with van der Waals surface area (Å²) < 4.78 is 0. The van der Waals surface area contributed by atoms with Gasteiger partial charge in [0.1, 0.15) is 11.7 Å². The maximum Gasteiger partial charge on any atom is 0.326 e. The predicted octanol–water partition coefficient (Wildman–Crippen LogP) is 1.13. The Morgan fingerprint density at radius 1 is 1.55 bits per heavy atom. The number of nitrogens with two attached hydrogens (primary N) is 1. The van der Waals surface area contributed by atoms with Crippen LogP contribution in [0.3, 0.4) is 0 Å². The van der Waals surface area contributed by atoms with Gasteiger partial charge in [-0.3, -0.25) is 14.9 Å². The largest absolute Gasteiger partial charge is 0.480 e. The van der Waals surface area contributed by atoms with Crippen molar-refractivity contribution in [1.29, 1.82) is 0 Å². The molecule has 0 aliphatic heterocycles. The Morgan fingerprint density at radius 2 is 2.20 bits per heavy atom. The highest BCUT2D eigenvalue weighted by Gasteiger charge is 2.22. The minimum Gasteiger partial charge on any atom is -0.480 e. The third-order valence-corrected chi connectivity index (χ3v) is 2.51. The first-order valence-electron chi connectivity index (χ1n) is 5.55. The number of carboxylic acids is 1. The molecule has 20 heavy (non-hydrogen) atoms. The van der Waals surface area contributed by atoms with E-state index in [1.807, 2.05) is 0 Å². The molecule has 0 saturated heterocycles. The van der Waals surface area contributed by atoms with Crippen LogP contribution in [-0.2, 0) is 4.79 Å². The molecule has 106 valence electrons. The van der Waals surface area contributed by atoms with Crippen LogP contribution >= 0.6 is 0 Å². The third-order valence-electron chi connectivity index (χ3n) is 2.51. The van der Waals surface area contributed by atoms with Crippen LogP contribution in [0, 0.1) is 10.1 Å². The summed E-state index contributed by atoms with van der Waals surface area (Å²) in [4.78, 5) is 32.3. The minimum absolute atomic E-state index is 0.0424. The quantitative estimate of drug-likeness (QED) is 0.389. The zero-order chi connectivity index (χ0) is 15.3. The second-order valence-corrected chi connectivity index (χ2v) is 3.91. The van der Waals surface area contributed by atoms with Gasteiger partial charge < -0.3 is 16.2 Å². The lowest BCUT2D eigenvalue weighted by molar-refractivity contribution is -0.384. The second-order valence-electron chi connectivity index (χ2n) is 3.91. The van der Waals surface area contributed by atoms with Gasteiger partial charge in [-0.15, -0.1) is 6.58 Å². The molecule has 1 unspecified atom stereocenters. The number of carboxylic acid groups (broad SMARTS) is 1. The number of benzene rings is 1. The highest BCUT2D eigenvalue weighted by atomic mass is 16.6. The molecule has 0 spiro atoms. The summed E-state index contributed by atoms with van der Waals surface area (Å²) >= 11 is 0. The molecule has 0 fully saturated rings. The first-order valence-corrected chi connectivity index (χ1v) is 5.55. The Morgan fingerprint density at radius 3 is 2.65 bits per heavy atom. The number of nitrogens with zero attached hydrogens (tertiary/aromatic N) is 1. The van der Waals surface area contributed by atoms with E-state index < -0.39 is 22.8 Å². The summed E-state index contributed by atoms with van der Waals surface area (Å²) in [5.41, 5.74) is 4.71. The van der Waals surface area contributed by atoms with Crippen LogP contribution in [0.25, 0.3) is 0 Å². The number of anilines is 1. The van der Waals surface area contributed by atoms with Crippen LogP contribution in [0.5, 0.6) is 0 Å². The first kappa shape index (κ1) is 15.2. The fourth-order valence-electron chi connectivity index (χ4n) is 1.54. The summed E-state index contributed by atoms with van der Waals surface area (Å²) in [5.74, 6) is -1.96. The van der Waals surface area contributed by atoms with Crippen LogP contribution in [0.2, 0.25) is 0 Å². The van der Waals surface area contributed by atoms with Gasteiger partial charge in [-0.1, -0.05) is 6.08 Å². The molecule has 0 aliphatic rings. The van der Waals surface area contributed by atoms with Gasteiger partial charge in [-0.2, -0.15) is 0 Å². The average Bonchev–Trinajstić information content (AvgIpc) is 2.37. The van der Waals surface area contributed by atoms with Gasteiger partial charge in [0.2, 0.25) is 5.91 Å². The number of aliphatic carboxylic acids is 1. The van der Waals surface area contributed by atoms with E-state index in [1.165, 1.54) is 12.1 Å². The van der Waals surface area contributed by atoms with Crippen LogP contribution in [0.1, 0.15) is 16.8 Å². The Kier molecular flexibility index (Phi) is 4.79. The average molecular weight is 279 g/mol. The van der Waals surface area contributed by atoms with E-state index >= 15 is 0 Å². The van der Waals surface area contributed by atoms with Crippen molar-refractivity contribution in [2.45, 2.75) is 12.5 Å². The summed E-state index contributed by atoms with van der Waals surface area (Å²) in [5, 5.41) is 22.4. The standard InChI is InChI=1S/C12H13N3O5/c1-2-3-8(12(17)18)14-9-6-7(11(13)16)4-5-10(9)15(19)20/h2,4-6,8,14H,1,3H2,(H2,13,16)(H,17,18). The smallest absolute Gasteiger partial charge is 0.326 e. The number of primary amides is 1. The van der Waals surface area contributed by atoms with Crippen molar-refractivity contribution in [1.82, 2.24) is 0 Å². The molecule has 1 amide bonds. The molecule has 1 aromatic rings. The van der Waals surface area contributed by atoms with Crippen molar-refractivity contribution < 1.29 is 19.6 Å². The number of rotatable bonds is 7. The molecule has 4 N–H and O–H groups in total. The Bertz CT molecular complexity index is 570. The van der Waals surface area contributed by atoms with Crippen molar-refractivity contribution in [3.8, 4) is 0 Å². The maximum atomic E-state index is 11.1. The van der Waals surface area contributed by atoms with Crippen molar-refractivity contribution in [2.75, 3.05) is 5.32 Å². The van der Waals surface area contributed by atoms with Gasteiger partial charge in [0.15, 0.2) is 0 Å². The number of nitro benzene ring substituents is 1. The highest BCUT2D eigenvalue weighted by molar-refractivity contribution is 5.95. The zero-order valence-corrected chi connectivity index (χ0v) is 10.4. The molecule has 0 aliphatic carbocycles. The van der Waals surface area contributed by atoms with Gasteiger partial charge in [-0.25, -0.2) is 4.79 Å². The molecule has 0 bridgehead atoms. The molecule has 0 aromatic heterocycles. The van der Waals surface area contributed by atoms with Crippen LogP contribution in [0.15, 0.2) is 30.9 Å². The van der Waals surface area contributed by atoms with E-state index in [-0.39, 0.29) is 23.4 Å². The van der Waals surface area contributed by atoms with Crippen molar-refractivity contribution in [2.24, 2.45) is 5.73 Å². The summed E-state index contributed by atoms with van der Waals surface area (Å²) in [7, 11) is 0. The number of amides is 1. The molecule has 1 rings (SSSR count). The van der Waals surface area contributed by atoms with E-state index in [4.69, 9.17) is 10.8 Å². The lowest BCUT2D eigenvalue weighted by Crippen LogP contribution is -2.29. The molecular formula is C12H13N3O5. The number of carbonyl (C=O) groups is 2. The third kappa shape index (κ3) is 3.55. The molecule has 0 saturated carbocycles. The SMILES string of the molecule is C=CCC(Nc1cc(C(N)=O)ccc1[N+](=O)[O-])C(=O)O. The number of carbonyl (C=O) groups excluding carboxylic acids is 1. The van der Waals surface area contributed by atoms with E-state index in [9.17, 15) is 19.7 Å². The summed E-state index contributed by atoms with van der Waals surface area (Å²) in [6.07, 6.45) is 1.43. The molecule has 1 aromatic carbocycles. The molecule has 8 heteroatoms. The van der Waals surface area contributed by atoms with Crippen molar-refractivity contribution in [3.05, 3.63) is 46.5 Å². The van der Waals surface area contributed by atoms with E-state index in [1.54, 1.807) is 0 Å². The van der Waals surface area contributed by atoms with Crippen LogP contribution < -0.4 is 11.1 Å². The van der Waals surface area contributed by atoms with Crippen LogP contribution in [0.4, 0.5) is 11.4 Å². The second kappa shape index (κ2) is 6.32.